The minimum absolute atomic E-state index is 0.570. The zero-order valence-electron chi connectivity index (χ0n) is 10.6. The van der Waals surface area contributed by atoms with Crippen molar-refractivity contribution in [2.45, 2.75) is 33.3 Å². The van der Waals surface area contributed by atoms with Crippen LogP contribution in [0.1, 0.15) is 30.7 Å². The quantitative estimate of drug-likeness (QED) is 0.861. The van der Waals surface area contributed by atoms with E-state index < -0.39 is 5.60 Å². The van der Waals surface area contributed by atoms with Crippen LogP contribution in [0, 0.1) is 13.8 Å². The molecular formula is C13H17N3O. The number of hydrogen-bond acceptors (Lipinski definition) is 3. The lowest BCUT2D eigenvalue weighted by Gasteiger charge is -2.12. The number of rotatable bonds is 2. The number of aromatic nitrogens is 3. The lowest BCUT2D eigenvalue weighted by Crippen LogP contribution is -2.15. The predicted molar refractivity (Wildman–Crippen MR) is 66.1 cm³/mol. The van der Waals surface area contributed by atoms with Gasteiger partial charge in [-0.25, -0.2) is 4.68 Å². The molecular weight excluding hydrogens is 214 g/mol. The molecule has 1 aromatic heterocycles. The Hall–Kier alpha value is -1.68. The van der Waals surface area contributed by atoms with E-state index in [9.17, 15) is 5.11 Å². The summed E-state index contributed by atoms with van der Waals surface area (Å²) in [6.45, 7) is 7.47. The molecule has 0 amide bonds. The first-order valence-electron chi connectivity index (χ1n) is 5.61. The highest BCUT2D eigenvalue weighted by molar-refractivity contribution is 5.46. The minimum atomic E-state index is -0.963. The van der Waals surface area contributed by atoms with E-state index in [-0.39, 0.29) is 0 Å². The maximum absolute atomic E-state index is 9.87. The number of benzene rings is 1. The van der Waals surface area contributed by atoms with E-state index >= 15 is 0 Å². The van der Waals surface area contributed by atoms with Gasteiger partial charge >= 0.3 is 0 Å². The van der Waals surface area contributed by atoms with Crippen LogP contribution in [-0.2, 0) is 5.60 Å². The SMILES string of the molecule is Cc1cccc(C)c1-n1cc(C(C)(C)O)nn1. The normalized spacial score (nSPS) is 11.8. The fourth-order valence-corrected chi connectivity index (χ4v) is 1.82. The Kier molecular flexibility index (Phi) is 2.75. The van der Waals surface area contributed by atoms with Crippen molar-refractivity contribution in [3.63, 3.8) is 0 Å². The van der Waals surface area contributed by atoms with Crippen molar-refractivity contribution < 1.29 is 5.11 Å². The molecule has 0 saturated heterocycles. The zero-order chi connectivity index (χ0) is 12.6. The second-order valence-corrected chi connectivity index (χ2v) is 4.85. The molecule has 0 aliphatic carbocycles. The van der Waals surface area contributed by atoms with E-state index in [2.05, 4.69) is 10.3 Å². The van der Waals surface area contributed by atoms with Crippen LogP contribution in [0.25, 0.3) is 5.69 Å². The summed E-state index contributed by atoms with van der Waals surface area (Å²) in [5, 5.41) is 18.0. The Labute approximate surface area is 101 Å². The first kappa shape index (κ1) is 11.8. The third kappa shape index (κ3) is 2.22. The second-order valence-electron chi connectivity index (χ2n) is 4.85. The summed E-state index contributed by atoms with van der Waals surface area (Å²) < 4.78 is 1.72. The monoisotopic (exact) mass is 231 g/mol. The van der Waals surface area contributed by atoms with Crippen molar-refractivity contribution in [2.24, 2.45) is 0 Å². The third-order valence-electron chi connectivity index (χ3n) is 2.79. The molecule has 0 unspecified atom stereocenters. The molecule has 0 atom stereocenters. The van der Waals surface area contributed by atoms with Crippen molar-refractivity contribution in [2.75, 3.05) is 0 Å². The Bertz CT molecular complexity index is 518. The van der Waals surface area contributed by atoms with E-state index in [1.165, 1.54) is 0 Å². The van der Waals surface area contributed by atoms with Crippen LogP contribution >= 0.6 is 0 Å². The van der Waals surface area contributed by atoms with Gasteiger partial charge in [-0.05, 0) is 38.8 Å². The molecule has 1 heterocycles. The number of aryl methyl sites for hydroxylation is 2. The maximum Gasteiger partial charge on any atom is 0.114 e. The van der Waals surface area contributed by atoms with Crippen molar-refractivity contribution in [1.29, 1.82) is 0 Å². The first-order chi connectivity index (χ1) is 7.89. The van der Waals surface area contributed by atoms with Gasteiger partial charge in [0.2, 0.25) is 0 Å². The van der Waals surface area contributed by atoms with E-state index in [1.54, 1.807) is 24.7 Å². The van der Waals surface area contributed by atoms with E-state index in [1.807, 2.05) is 32.0 Å². The predicted octanol–water partition coefficient (Wildman–Crippen LogP) is 2.11. The van der Waals surface area contributed by atoms with Crippen LogP contribution in [0.3, 0.4) is 0 Å². The van der Waals surface area contributed by atoms with Crippen molar-refractivity contribution >= 4 is 0 Å². The minimum Gasteiger partial charge on any atom is -0.384 e. The van der Waals surface area contributed by atoms with E-state index in [0.29, 0.717) is 5.69 Å². The summed E-state index contributed by atoms with van der Waals surface area (Å²) >= 11 is 0. The maximum atomic E-state index is 9.87. The molecule has 0 aliphatic heterocycles. The largest absolute Gasteiger partial charge is 0.384 e. The fourth-order valence-electron chi connectivity index (χ4n) is 1.82. The van der Waals surface area contributed by atoms with E-state index in [0.717, 1.165) is 16.8 Å². The summed E-state index contributed by atoms with van der Waals surface area (Å²) in [5.41, 5.74) is 2.90. The van der Waals surface area contributed by atoms with Crippen molar-refractivity contribution in [3.05, 3.63) is 41.2 Å². The Morgan fingerprint density at radius 3 is 2.24 bits per heavy atom. The molecule has 0 bridgehead atoms. The average Bonchev–Trinajstić information content (AvgIpc) is 2.65. The fraction of sp³-hybridized carbons (Fsp3) is 0.385. The van der Waals surface area contributed by atoms with E-state index in [4.69, 9.17) is 0 Å². The Morgan fingerprint density at radius 2 is 1.76 bits per heavy atom. The van der Waals surface area contributed by atoms with Gasteiger partial charge in [0.15, 0.2) is 0 Å². The van der Waals surface area contributed by atoms with Gasteiger partial charge in [-0.2, -0.15) is 0 Å². The van der Waals surface area contributed by atoms with Gasteiger partial charge in [-0.15, -0.1) is 5.10 Å². The van der Waals surface area contributed by atoms with Crippen LogP contribution in [0.5, 0.6) is 0 Å². The van der Waals surface area contributed by atoms with Gasteiger partial charge in [-0.3, -0.25) is 0 Å². The smallest absolute Gasteiger partial charge is 0.114 e. The summed E-state index contributed by atoms with van der Waals surface area (Å²) in [7, 11) is 0. The molecule has 0 radical (unpaired) electrons. The number of hydrogen-bond donors (Lipinski definition) is 1. The molecule has 0 aliphatic rings. The van der Waals surface area contributed by atoms with Gasteiger partial charge in [0, 0.05) is 0 Å². The standard InChI is InChI=1S/C13H17N3O/c1-9-6-5-7-10(2)12(9)16-8-11(14-15-16)13(3,4)17/h5-8,17H,1-4H3. The van der Waals surface area contributed by atoms with Crippen molar-refractivity contribution in [3.8, 4) is 5.69 Å². The Balaban J connectivity index is 2.51. The average molecular weight is 231 g/mol. The van der Waals surface area contributed by atoms with Gasteiger partial charge in [0.1, 0.15) is 11.3 Å². The summed E-state index contributed by atoms with van der Waals surface area (Å²) in [6, 6.07) is 6.09. The van der Waals surface area contributed by atoms with Gasteiger partial charge < -0.3 is 5.11 Å². The molecule has 4 heteroatoms. The van der Waals surface area contributed by atoms with Gasteiger partial charge in [-0.1, -0.05) is 23.4 Å². The molecule has 1 aromatic carbocycles. The van der Waals surface area contributed by atoms with Gasteiger partial charge in [0.25, 0.3) is 0 Å². The van der Waals surface area contributed by atoms with Gasteiger partial charge in [0.05, 0.1) is 11.9 Å². The van der Waals surface area contributed by atoms with Crippen molar-refractivity contribution in [1.82, 2.24) is 15.0 Å². The summed E-state index contributed by atoms with van der Waals surface area (Å²) in [6.07, 6.45) is 1.77. The lowest BCUT2D eigenvalue weighted by molar-refractivity contribution is 0.0737. The highest BCUT2D eigenvalue weighted by Gasteiger charge is 2.20. The topological polar surface area (TPSA) is 50.9 Å². The highest BCUT2D eigenvalue weighted by Crippen LogP contribution is 2.21. The molecule has 0 saturated carbocycles. The Morgan fingerprint density at radius 1 is 1.18 bits per heavy atom. The second kappa shape index (κ2) is 3.96. The van der Waals surface area contributed by atoms with Crippen LogP contribution < -0.4 is 0 Å². The molecule has 0 fully saturated rings. The summed E-state index contributed by atoms with van der Waals surface area (Å²) in [5.74, 6) is 0. The molecule has 0 spiro atoms. The zero-order valence-corrected chi connectivity index (χ0v) is 10.6. The van der Waals surface area contributed by atoms with Crippen LogP contribution in [0.15, 0.2) is 24.4 Å². The molecule has 17 heavy (non-hydrogen) atoms. The molecule has 1 N–H and O–H groups in total. The summed E-state index contributed by atoms with van der Waals surface area (Å²) in [4.78, 5) is 0. The number of nitrogens with zero attached hydrogens (tertiary/aromatic N) is 3. The van der Waals surface area contributed by atoms with Crippen LogP contribution in [0.4, 0.5) is 0 Å². The number of aliphatic hydroxyl groups is 1. The molecule has 4 nitrogen and oxygen atoms in total. The molecule has 90 valence electrons. The molecule has 2 rings (SSSR count). The third-order valence-corrected chi connectivity index (χ3v) is 2.79. The lowest BCUT2D eigenvalue weighted by atomic mass is 10.1. The van der Waals surface area contributed by atoms with Crippen LogP contribution in [-0.4, -0.2) is 20.1 Å². The molecule has 2 aromatic rings. The number of para-hydroxylation sites is 1. The highest BCUT2D eigenvalue weighted by atomic mass is 16.3. The first-order valence-corrected chi connectivity index (χ1v) is 5.61. The van der Waals surface area contributed by atoms with Crippen LogP contribution in [0.2, 0.25) is 0 Å².